The number of anilines is 4. The first kappa shape index (κ1) is 23.7. The van der Waals surface area contributed by atoms with Crippen molar-refractivity contribution in [2.75, 3.05) is 30.3 Å². The van der Waals surface area contributed by atoms with Crippen LogP contribution < -0.4 is 21.3 Å². The maximum Gasteiger partial charge on any atom is 0.254 e. The van der Waals surface area contributed by atoms with E-state index in [1.165, 1.54) is 11.1 Å². The van der Waals surface area contributed by atoms with Gasteiger partial charge in [0.05, 0.1) is 23.6 Å². The van der Waals surface area contributed by atoms with Crippen molar-refractivity contribution in [1.29, 1.82) is 0 Å². The second-order valence-electron chi connectivity index (χ2n) is 9.11. The lowest BCUT2D eigenvalue weighted by Gasteiger charge is -2.22. The van der Waals surface area contributed by atoms with Gasteiger partial charge in [-0.25, -0.2) is 4.98 Å². The van der Waals surface area contributed by atoms with Gasteiger partial charge in [-0.3, -0.25) is 9.78 Å². The molecule has 0 bridgehead atoms. The van der Waals surface area contributed by atoms with Gasteiger partial charge in [-0.05, 0) is 55.3 Å². The van der Waals surface area contributed by atoms with Crippen molar-refractivity contribution in [2.45, 2.75) is 39.2 Å². The summed E-state index contributed by atoms with van der Waals surface area (Å²) in [6, 6.07) is 11.9. The molecular formula is C26H32N6O2. The van der Waals surface area contributed by atoms with Gasteiger partial charge in [-0.2, -0.15) is 0 Å². The third kappa shape index (κ3) is 5.35. The van der Waals surface area contributed by atoms with Crippen molar-refractivity contribution in [3.05, 3.63) is 71.2 Å². The van der Waals surface area contributed by atoms with Crippen LogP contribution in [0, 0.1) is 0 Å². The highest BCUT2D eigenvalue weighted by atomic mass is 16.3. The van der Waals surface area contributed by atoms with Gasteiger partial charge >= 0.3 is 0 Å². The summed E-state index contributed by atoms with van der Waals surface area (Å²) in [5.41, 5.74) is 5.74. The van der Waals surface area contributed by atoms with Gasteiger partial charge in [0.15, 0.2) is 0 Å². The highest BCUT2D eigenvalue weighted by Gasteiger charge is 2.22. The van der Waals surface area contributed by atoms with Crippen LogP contribution in [-0.2, 0) is 18.4 Å². The number of aromatic nitrogens is 2. The molecule has 1 amide bonds. The number of aliphatic hydroxyl groups is 1. The molecule has 1 aliphatic heterocycles. The van der Waals surface area contributed by atoms with Crippen LogP contribution in [0.4, 0.5) is 22.9 Å². The van der Waals surface area contributed by atoms with Crippen molar-refractivity contribution in [3.8, 4) is 0 Å². The number of fused-ring (bicyclic) bond motifs is 1. The summed E-state index contributed by atoms with van der Waals surface area (Å²) >= 11 is 0. The topological polar surface area (TPSA) is 111 Å². The molecule has 1 aromatic carbocycles. The molecule has 0 spiro atoms. The number of aliphatic hydroxyl groups excluding tert-OH is 1. The van der Waals surface area contributed by atoms with Crippen LogP contribution in [-0.4, -0.2) is 40.7 Å². The van der Waals surface area contributed by atoms with Gasteiger partial charge in [0.25, 0.3) is 5.91 Å². The predicted molar refractivity (Wildman–Crippen MR) is 135 cm³/mol. The van der Waals surface area contributed by atoms with Crippen LogP contribution >= 0.6 is 0 Å². The Balaban J connectivity index is 1.64. The monoisotopic (exact) mass is 460 g/mol. The van der Waals surface area contributed by atoms with E-state index >= 15 is 0 Å². The van der Waals surface area contributed by atoms with Crippen molar-refractivity contribution < 1.29 is 9.90 Å². The predicted octanol–water partition coefficient (Wildman–Crippen LogP) is 3.63. The Morgan fingerprint density at radius 2 is 1.91 bits per heavy atom. The highest BCUT2D eigenvalue weighted by Crippen LogP contribution is 2.28. The van der Waals surface area contributed by atoms with Crippen LogP contribution in [0.5, 0.6) is 0 Å². The van der Waals surface area contributed by atoms with E-state index in [0.29, 0.717) is 23.6 Å². The summed E-state index contributed by atoms with van der Waals surface area (Å²) < 4.78 is 0. The number of amides is 1. The summed E-state index contributed by atoms with van der Waals surface area (Å²) in [6.07, 6.45) is 4.27. The molecule has 0 atom stereocenters. The fraction of sp³-hybridized carbons (Fsp3) is 0.346. The molecule has 34 heavy (non-hydrogen) atoms. The van der Waals surface area contributed by atoms with Crippen LogP contribution in [0.15, 0.2) is 48.8 Å². The fourth-order valence-corrected chi connectivity index (χ4v) is 3.88. The van der Waals surface area contributed by atoms with Crippen molar-refractivity contribution in [1.82, 2.24) is 20.6 Å². The molecule has 0 saturated carbocycles. The highest BCUT2D eigenvalue weighted by molar-refractivity contribution is 6.00. The largest absolute Gasteiger partial charge is 0.395 e. The Labute approximate surface area is 200 Å². The summed E-state index contributed by atoms with van der Waals surface area (Å²) in [6.45, 7) is 8.12. The van der Waals surface area contributed by atoms with Crippen LogP contribution in [0.1, 0.15) is 48.0 Å². The first-order valence-corrected chi connectivity index (χ1v) is 11.6. The third-order valence-corrected chi connectivity index (χ3v) is 5.98. The average molecular weight is 461 g/mol. The molecule has 0 unspecified atom stereocenters. The third-order valence-electron chi connectivity index (χ3n) is 5.98. The van der Waals surface area contributed by atoms with Gasteiger partial charge in [-0.15, -0.1) is 0 Å². The van der Waals surface area contributed by atoms with E-state index < -0.39 is 5.41 Å². The standard InChI is InChI=1S/C26H32N6O2/c1-4-28-25(34)21-15-30-24(32-19-6-5-18-14-27-9-7-17(18)11-19)13-22(21)31-20-8-10-29-23(12-20)26(2,3)16-33/h5-6,8,10-13,15,27,33H,4,7,9,14,16H2,1-3H3,(H,28,34)(H2,29,30,31,32). The lowest BCUT2D eigenvalue weighted by atomic mass is 9.90. The Morgan fingerprint density at radius 3 is 2.71 bits per heavy atom. The fourth-order valence-electron chi connectivity index (χ4n) is 3.88. The zero-order valence-electron chi connectivity index (χ0n) is 19.9. The van der Waals surface area contributed by atoms with Crippen molar-refractivity contribution >= 4 is 28.8 Å². The maximum atomic E-state index is 12.7. The number of carbonyl (C=O) groups is 1. The number of benzene rings is 1. The quantitative estimate of drug-likeness (QED) is 0.349. The van der Waals surface area contributed by atoms with Gasteiger partial charge in [0.1, 0.15) is 5.82 Å². The molecule has 4 rings (SSSR count). The molecule has 2 aromatic heterocycles. The Hall–Kier alpha value is -3.49. The molecule has 0 fully saturated rings. The first-order valence-electron chi connectivity index (χ1n) is 11.6. The number of hydrogen-bond acceptors (Lipinski definition) is 7. The molecule has 0 saturated heterocycles. The zero-order valence-corrected chi connectivity index (χ0v) is 19.9. The molecule has 3 heterocycles. The summed E-state index contributed by atoms with van der Waals surface area (Å²) in [4.78, 5) is 21.6. The number of carbonyl (C=O) groups excluding carboxylic acids is 1. The van der Waals surface area contributed by atoms with E-state index in [-0.39, 0.29) is 12.5 Å². The van der Waals surface area contributed by atoms with E-state index in [4.69, 9.17) is 0 Å². The average Bonchev–Trinajstić information content (AvgIpc) is 2.84. The maximum absolute atomic E-state index is 12.7. The number of nitrogens with zero attached hydrogens (tertiary/aromatic N) is 2. The smallest absolute Gasteiger partial charge is 0.254 e. The Kier molecular flexibility index (Phi) is 7.09. The lowest BCUT2D eigenvalue weighted by molar-refractivity contribution is 0.0956. The van der Waals surface area contributed by atoms with E-state index in [9.17, 15) is 9.90 Å². The Morgan fingerprint density at radius 1 is 1.09 bits per heavy atom. The summed E-state index contributed by atoms with van der Waals surface area (Å²) in [5, 5.41) is 22.7. The van der Waals surface area contributed by atoms with E-state index in [2.05, 4.69) is 43.4 Å². The number of pyridine rings is 2. The number of rotatable bonds is 8. The summed E-state index contributed by atoms with van der Waals surface area (Å²) in [7, 11) is 0. The van der Waals surface area contributed by atoms with Gasteiger partial charge in [0.2, 0.25) is 0 Å². The molecular weight excluding hydrogens is 428 g/mol. The minimum Gasteiger partial charge on any atom is -0.395 e. The molecule has 5 N–H and O–H groups in total. The van der Waals surface area contributed by atoms with E-state index in [1.54, 1.807) is 12.4 Å². The molecule has 0 aliphatic carbocycles. The SMILES string of the molecule is CCNC(=O)c1cnc(Nc2ccc3c(c2)CCNC3)cc1Nc1ccnc(C(C)(C)CO)c1. The number of nitrogens with one attached hydrogen (secondary N) is 4. The normalized spacial score (nSPS) is 13.2. The molecule has 0 radical (unpaired) electrons. The van der Waals surface area contributed by atoms with Gasteiger partial charge in [-0.1, -0.05) is 19.9 Å². The minimum absolute atomic E-state index is 0.0201. The van der Waals surface area contributed by atoms with Crippen LogP contribution in [0.25, 0.3) is 0 Å². The van der Waals surface area contributed by atoms with Crippen LogP contribution in [0.3, 0.4) is 0 Å². The number of hydrogen-bond donors (Lipinski definition) is 5. The summed E-state index contributed by atoms with van der Waals surface area (Å²) in [5.74, 6) is 0.435. The van der Waals surface area contributed by atoms with Gasteiger partial charge < -0.3 is 26.4 Å². The van der Waals surface area contributed by atoms with E-state index in [0.717, 1.165) is 36.6 Å². The second kappa shape index (κ2) is 10.2. The van der Waals surface area contributed by atoms with Crippen LogP contribution in [0.2, 0.25) is 0 Å². The van der Waals surface area contributed by atoms with Crippen molar-refractivity contribution in [3.63, 3.8) is 0 Å². The second-order valence-corrected chi connectivity index (χ2v) is 9.11. The molecule has 8 nitrogen and oxygen atoms in total. The molecule has 178 valence electrons. The lowest BCUT2D eigenvalue weighted by Crippen LogP contribution is -2.24. The first-order chi connectivity index (χ1) is 16.4. The van der Waals surface area contributed by atoms with E-state index in [1.807, 2.05) is 45.0 Å². The minimum atomic E-state index is -0.479. The molecule has 1 aliphatic rings. The molecule has 3 aromatic rings. The van der Waals surface area contributed by atoms with Crippen molar-refractivity contribution in [2.24, 2.45) is 0 Å². The Bertz CT molecular complexity index is 1180. The van der Waals surface area contributed by atoms with Gasteiger partial charge in [0, 0.05) is 48.3 Å². The molecule has 8 heteroatoms. The zero-order chi connectivity index (χ0) is 24.1.